The van der Waals surface area contributed by atoms with Gasteiger partial charge >= 0.3 is 0 Å². The van der Waals surface area contributed by atoms with E-state index in [1.165, 1.54) is 6.07 Å². The maximum atomic E-state index is 10.9. The van der Waals surface area contributed by atoms with Crippen molar-refractivity contribution >= 4 is 11.8 Å². The predicted molar refractivity (Wildman–Crippen MR) is 78.6 cm³/mol. The zero-order valence-corrected chi connectivity index (χ0v) is 11.9. The molecule has 0 aliphatic carbocycles. The molecule has 1 aromatic carbocycles. The number of nitro benzene ring substituents is 1. The quantitative estimate of drug-likeness (QED) is 0.626. The van der Waals surface area contributed by atoms with E-state index in [4.69, 9.17) is 4.74 Å². The van der Waals surface area contributed by atoms with Gasteiger partial charge < -0.3 is 4.74 Å². The molecule has 0 radical (unpaired) electrons. The van der Waals surface area contributed by atoms with Crippen LogP contribution >= 0.6 is 0 Å². The zero-order valence-electron chi connectivity index (χ0n) is 11.9. The maximum Gasteiger partial charge on any atom is 0.276 e. The SMILES string of the molecule is CC1CN(CC=Cc2ccccc2[N+](=O)[O-])CC(C)O1. The molecular formula is C15H20N2O3. The minimum atomic E-state index is -0.349. The molecule has 0 aromatic heterocycles. The number of benzene rings is 1. The van der Waals surface area contributed by atoms with Crippen LogP contribution in [0.4, 0.5) is 5.69 Å². The Hall–Kier alpha value is -1.72. The van der Waals surface area contributed by atoms with Gasteiger partial charge in [-0.15, -0.1) is 0 Å². The summed E-state index contributed by atoms with van der Waals surface area (Å²) in [6, 6.07) is 6.78. The summed E-state index contributed by atoms with van der Waals surface area (Å²) in [5.74, 6) is 0. The second-order valence-electron chi connectivity index (χ2n) is 5.19. The third kappa shape index (κ3) is 3.88. The first-order chi connectivity index (χ1) is 9.56. The summed E-state index contributed by atoms with van der Waals surface area (Å²) in [6.45, 7) is 6.70. The Morgan fingerprint density at radius 2 is 2.00 bits per heavy atom. The normalized spacial score (nSPS) is 24.1. The van der Waals surface area contributed by atoms with Gasteiger partial charge in [-0.2, -0.15) is 0 Å². The van der Waals surface area contributed by atoms with E-state index < -0.39 is 0 Å². The number of rotatable bonds is 4. The summed E-state index contributed by atoms with van der Waals surface area (Å²) in [7, 11) is 0. The molecule has 0 amide bonds. The largest absolute Gasteiger partial charge is 0.373 e. The van der Waals surface area contributed by atoms with E-state index in [1.807, 2.05) is 18.2 Å². The van der Waals surface area contributed by atoms with Gasteiger partial charge in [-0.1, -0.05) is 24.3 Å². The van der Waals surface area contributed by atoms with Gasteiger partial charge in [0, 0.05) is 25.7 Å². The molecular weight excluding hydrogens is 256 g/mol. The fourth-order valence-corrected chi connectivity index (χ4v) is 2.56. The minimum Gasteiger partial charge on any atom is -0.373 e. The maximum absolute atomic E-state index is 10.9. The third-order valence-corrected chi connectivity index (χ3v) is 3.29. The van der Waals surface area contributed by atoms with Crippen LogP contribution in [0.1, 0.15) is 19.4 Å². The lowest BCUT2D eigenvalue weighted by Crippen LogP contribution is -2.45. The van der Waals surface area contributed by atoms with Crippen molar-refractivity contribution < 1.29 is 9.66 Å². The molecule has 0 saturated carbocycles. The predicted octanol–water partition coefficient (Wildman–Crippen LogP) is 2.72. The highest BCUT2D eigenvalue weighted by Gasteiger charge is 2.20. The summed E-state index contributed by atoms with van der Waals surface area (Å²) in [6.07, 6.45) is 4.27. The van der Waals surface area contributed by atoms with Crippen molar-refractivity contribution in [1.29, 1.82) is 0 Å². The van der Waals surface area contributed by atoms with Crippen molar-refractivity contribution in [3.05, 3.63) is 46.0 Å². The monoisotopic (exact) mass is 276 g/mol. The Kier molecular flexibility index (Phi) is 4.87. The topological polar surface area (TPSA) is 55.6 Å². The lowest BCUT2D eigenvalue weighted by atomic mass is 10.1. The molecule has 5 nitrogen and oxygen atoms in total. The minimum absolute atomic E-state index is 0.146. The molecule has 1 heterocycles. The van der Waals surface area contributed by atoms with Gasteiger partial charge in [-0.05, 0) is 19.9 Å². The number of hydrogen-bond donors (Lipinski definition) is 0. The van der Waals surface area contributed by atoms with Crippen LogP contribution in [0.3, 0.4) is 0 Å². The van der Waals surface area contributed by atoms with E-state index in [9.17, 15) is 10.1 Å². The standard InChI is InChI=1S/C15H20N2O3/c1-12-10-16(11-13(2)20-12)9-5-7-14-6-3-4-8-15(14)17(18)19/h3-8,12-13H,9-11H2,1-2H3. The fourth-order valence-electron chi connectivity index (χ4n) is 2.56. The number of para-hydroxylation sites is 1. The molecule has 1 aliphatic heterocycles. The molecule has 108 valence electrons. The van der Waals surface area contributed by atoms with Gasteiger partial charge in [-0.3, -0.25) is 15.0 Å². The van der Waals surface area contributed by atoms with Gasteiger partial charge in [0.2, 0.25) is 0 Å². The highest BCUT2D eigenvalue weighted by molar-refractivity contribution is 5.60. The van der Waals surface area contributed by atoms with Gasteiger partial charge in [0.15, 0.2) is 0 Å². The molecule has 1 fully saturated rings. The number of morpholine rings is 1. The Labute approximate surface area is 119 Å². The van der Waals surface area contributed by atoms with Crippen LogP contribution in [0.25, 0.3) is 6.08 Å². The molecule has 1 saturated heterocycles. The van der Waals surface area contributed by atoms with Crippen LogP contribution < -0.4 is 0 Å². The molecule has 1 aliphatic rings. The summed E-state index contributed by atoms with van der Waals surface area (Å²) < 4.78 is 5.68. The summed E-state index contributed by atoms with van der Waals surface area (Å²) in [4.78, 5) is 12.9. The number of nitro groups is 1. The van der Waals surface area contributed by atoms with Crippen molar-refractivity contribution in [1.82, 2.24) is 4.90 Å². The molecule has 20 heavy (non-hydrogen) atoms. The Morgan fingerprint density at radius 1 is 1.35 bits per heavy atom. The Bertz CT molecular complexity index is 492. The van der Waals surface area contributed by atoms with Gasteiger partial charge in [0.25, 0.3) is 5.69 Å². The van der Waals surface area contributed by atoms with E-state index in [0.29, 0.717) is 5.56 Å². The Balaban J connectivity index is 1.98. The third-order valence-electron chi connectivity index (χ3n) is 3.29. The van der Waals surface area contributed by atoms with Crippen LogP contribution in [-0.4, -0.2) is 41.7 Å². The first kappa shape index (κ1) is 14.7. The van der Waals surface area contributed by atoms with Crippen LogP contribution in [0.15, 0.2) is 30.3 Å². The zero-order chi connectivity index (χ0) is 14.5. The number of hydrogen-bond acceptors (Lipinski definition) is 4. The van der Waals surface area contributed by atoms with Crippen molar-refractivity contribution in [3.63, 3.8) is 0 Å². The average molecular weight is 276 g/mol. The number of nitrogens with zero attached hydrogens (tertiary/aromatic N) is 2. The first-order valence-corrected chi connectivity index (χ1v) is 6.84. The van der Waals surface area contributed by atoms with E-state index in [2.05, 4.69) is 18.7 Å². The molecule has 5 heteroatoms. The second kappa shape index (κ2) is 6.63. The van der Waals surface area contributed by atoms with Crippen LogP contribution in [0, 0.1) is 10.1 Å². The summed E-state index contributed by atoms with van der Waals surface area (Å²) in [5, 5.41) is 10.9. The molecule has 0 spiro atoms. The van der Waals surface area contributed by atoms with E-state index in [0.717, 1.165) is 19.6 Å². The van der Waals surface area contributed by atoms with Crippen LogP contribution in [0.2, 0.25) is 0 Å². The number of ether oxygens (including phenoxy) is 1. The molecule has 1 aromatic rings. The fraction of sp³-hybridized carbons (Fsp3) is 0.467. The first-order valence-electron chi connectivity index (χ1n) is 6.84. The lowest BCUT2D eigenvalue weighted by Gasteiger charge is -2.34. The second-order valence-corrected chi connectivity index (χ2v) is 5.19. The molecule has 2 atom stereocenters. The molecule has 0 bridgehead atoms. The van der Waals surface area contributed by atoms with Crippen molar-refractivity contribution in [3.8, 4) is 0 Å². The van der Waals surface area contributed by atoms with Crippen molar-refractivity contribution in [2.75, 3.05) is 19.6 Å². The molecule has 2 unspecified atom stereocenters. The summed E-state index contributed by atoms with van der Waals surface area (Å²) in [5.41, 5.74) is 0.791. The highest BCUT2D eigenvalue weighted by atomic mass is 16.6. The lowest BCUT2D eigenvalue weighted by molar-refractivity contribution is -0.385. The highest BCUT2D eigenvalue weighted by Crippen LogP contribution is 2.19. The van der Waals surface area contributed by atoms with Crippen molar-refractivity contribution in [2.45, 2.75) is 26.1 Å². The van der Waals surface area contributed by atoms with Crippen molar-refractivity contribution in [2.24, 2.45) is 0 Å². The van der Waals surface area contributed by atoms with Crippen LogP contribution in [0.5, 0.6) is 0 Å². The Morgan fingerprint density at radius 3 is 2.65 bits per heavy atom. The van der Waals surface area contributed by atoms with E-state index in [1.54, 1.807) is 12.1 Å². The van der Waals surface area contributed by atoms with Crippen LogP contribution in [-0.2, 0) is 4.74 Å². The summed E-state index contributed by atoms with van der Waals surface area (Å²) >= 11 is 0. The van der Waals surface area contributed by atoms with Gasteiger partial charge in [0.1, 0.15) is 0 Å². The molecule has 0 N–H and O–H groups in total. The van der Waals surface area contributed by atoms with Gasteiger partial charge in [0.05, 0.1) is 22.7 Å². The molecule has 2 rings (SSSR count). The van der Waals surface area contributed by atoms with E-state index in [-0.39, 0.29) is 22.8 Å². The van der Waals surface area contributed by atoms with E-state index >= 15 is 0 Å². The smallest absolute Gasteiger partial charge is 0.276 e. The average Bonchev–Trinajstić information content (AvgIpc) is 2.38. The van der Waals surface area contributed by atoms with Gasteiger partial charge in [-0.25, -0.2) is 0 Å².